The van der Waals surface area contributed by atoms with Crippen molar-refractivity contribution >= 4 is 12.0 Å². The van der Waals surface area contributed by atoms with E-state index in [4.69, 9.17) is 0 Å². The molecule has 0 radical (unpaired) electrons. The Balaban J connectivity index is 2.49. The van der Waals surface area contributed by atoms with Crippen LogP contribution in [0.3, 0.4) is 0 Å². The summed E-state index contributed by atoms with van der Waals surface area (Å²) in [5.74, 6) is -0.180. The lowest BCUT2D eigenvalue weighted by atomic mass is 9.98. The van der Waals surface area contributed by atoms with E-state index in [0.717, 1.165) is 5.56 Å². The molecule has 0 atom stereocenters. The second kappa shape index (κ2) is 7.10. The first-order chi connectivity index (χ1) is 8.99. The van der Waals surface area contributed by atoms with Crippen molar-refractivity contribution in [2.75, 3.05) is 6.54 Å². The Morgan fingerprint density at radius 1 is 1.26 bits per heavy atom. The van der Waals surface area contributed by atoms with E-state index >= 15 is 0 Å². The minimum Gasteiger partial charge on any atom is -0.388 e. The van der Waals surface area contributed by atoms with Crippen molar-refractivity contribution in [1.82, 2.24) is 5.32 Å². The molecule has 0 heterocycles. The number of aryl methyl sites for hydroxylation is 1. The Hall–Kier alpha value is -1.61. The minimum absolute atomic E-state index is 0.180. The molecular formula is C16H23NO2. The minimum atomic E-state index is -0.798. The monoisotopic (exact) mass is 261 g/mol. The molecule has 2 N–H and O–H groups in total. The molecule has 0 aliphatic heterocycles. The van der Waals surface area contributed by atoms with Crippen molar-refractivity contribution in [2.24, 2.45) is 0 Å². The standard InChI is InChI=1S/C16H23NO2/c1-4-16(19,5-2)12-17-15(18)11-10-14-8-6-13(3)7-9-14/h6-11,19H,4-5,12H2,1-3H3,(H,17,18). The van der Waals surface area contributed by atoms with Gasteiger partial charge in [0.05, 0.1) is 5.60 Å². The van der Waals surface area contributed by atoms with Gasteiger partial charge in [-0.25, -0.2) is 0 Å². The van der Waals surface area contributed by atoms with Crippen molar-refractivity contribution in [3.63, 3.8) is 0 Å². The second-order valence-electron chi connectivity index (χ2n) is 4.89. The fourth-order valence-corrected chi connectivity index (χ4v) is 1.66. The Kier molecular flexibility index (Phi) is 5.77. The molecule has 0 fully saturated rings. The first-order valence-electron chi connectivity index (χ1n) is 6.74. The maximum atomic E-state index is 11.7. The SMILES string of the molecule is CCC(O)(CC)CNC(=O)C=Cc1ccc(C)cc1. The second-order valence-corrected chi connectivity index (χ2v) is 4.89. The smallest absolute Gasteiger partial charge is 0.244 e. The van der Waals surface area contributed by atoms with Crippen LogP contribution in [0.5, 0.6) is 0 Å². The van der Waals surface area contributed by atoms with Crippen LogP contribution < -0.4 is 5.32 Å². The van der Waals surface area contributed by atoms with Gasteiger partial charge in [-0.1, -0.05) is 43.7 Å². The van der Waals surface area contributed by atoms with Crippen LogP contribution in [-0.2, 0) is 4.79 Å². The summed E-state index contributed by atoms with van der Waals surface area (Å²) >= 11 is 0. The average Bonchev–Trinajstić information content (AvgIpc) is 2.44. The van der Waals surface area contributed by atoms with Gasteiger partial charge in [0, 0.05) is 12.6 Å². The van der Waals surface area contributed by atoms with Crippen molar-refractivity contribution in [1.29, 1.82) is 0 Å². The number of amides is 1. The highest BCUT2D eigenvalue weighted by Gasteiger charge is 2.22. The zero-order valence-electron chi connectivity index (χ0n) is 11.9. The molecule has 1 aromatic rings. The molecule has 0 unspecified atom stereocenters. The van der Waals surface area contributed by atoms with Gasteiger partial charge in [0.15, 0.2) is 0 Å². The zero-order valence-corrected chi connectivity index (χ0v) is 11.9. The third-order valence-electron chi connectivity index (χ3n) is 3.41. The van der Waals surface area contributed by atoms with Crippen molar-refractivity contribution in [2.45, 2.75) is 39.2 Å². The number of carbonyl (C=O) groups is 1. The lowest BCUT2D eigenvalue weighted by Gasteiger charge is -2.24. The van der Waals surface area contributed by atoms with E-state index < -0.39 is 5.60 Å². The van der Waals surface area contributed by atoms with Gasteiger partial charge in [-0.2, -0.15) is 0 Å². The molecule has 0 aliphatic carbocycles. The molecule has 1 amide bonds. The van der Waals surface area contributed by atoms with Gasteiger partial charge in [-0.15, -0.1) is 0 Å². The number of aliphatic hydroxyl groups is 1. The van der Waals surface area contributed by atoms with Gasteiger partial charge >= 0.3 is 0 Å². The number of nitrogens with one attached hydrogen (secondary N) is 1. The van der Waals surface area contributed by atoms with E-state index in [1.165, 1.54) is 11.6 Å². The van der Waals surface area contributed by atoms with Crippen LogP contribution in [-0.4, -0.2) is 23.2 Å². The van der Waals surface area contributed by atoms with Crippen LogP contribution >= 0.6 is 0 Å². The molecule has 3 heteroatoms. The quantitative estimate of drug-likeness (QED) is 0.773. The van der Waals surface area contributed by atoms with E-state index in [0.29, 0.717) is 12.8 Å². The molecule has 0 saturated heterocycles. The van der Waals surface area contributed by atoms with Gasteiger partial charge in [-0.05, 0) is 31.4 Å². The summed E-state index contributed by atoms with van der Waals surface area (Å²) in [5.41, 5.74) is 1.38. The van der Waals surface area contributed by atoms with Crippen LogP contribution in [0, 0.1) is 6.92 Å². The summed E-state index contributed by atoms with van der Waals surface area (Å²) < 4.78 is 0. The van der Waals surface area contributed by atoms with Crippen LogP contribution in [0.2, 0.25) is 0 Å². The summed E-state index contributed by atoms with van der Waals surface area (Å²) in [6.07, 6.45) is 4.53. The van der Waals surface area contributed by atoms with E-state index in [2.05, 4.69) is 5.32 Å². The number of benzene rings is 1. The average molecular weight is 261 g/mol. The fourth-order valence-electron chi connectivity index (χ4n) is 1.66. The summed E-state index contributed by atoms with van der Waals surface area (Å²) in [7, 11) is 0. The highest BCUT2D eigenvalue weighted by atomic mass is 16.3. The van der Waals surface area contributed by atoms with Crippen molar-refractivity contribution in [3.05, 3.63) is 41.5 Å². The van der Waals surface area contributed by atoms with E-state index in [1.54, 1.807) is 6.08 Å². The Morgan fingerprint density at radius 3 is 2.37 bits per heavy atom. The van der Waals surface area contributed by atoms with Crippen LogP contribution in [0.25, 0.3) is 6.08 Å². The molecule has 1 rings (SSSR count). The number of hydrogen-bond acceptors (Lipinski definition) is 2. The summed E-state index contributed by atoms with van der Waals surface area (Å²) in [6.45, 7) is 6.14. The van der Waals surface area contributed by atoms with Crippen LogP contribution in [0.15, 0.2) is 30.3 Å². The Bertz CT molecular complexity index is 431. The predicted molar refractivity (Wildman–Crippen MR) is 78.8 cm³/mol. The summed E-state index contributed by atoms with van der Waals surface area (Å²) in [5, 5.41) is 12.8. The molecule has 0 saturated carbocycles. The van der Waals surface area contributed by atoms with E-state index in [9.17, 15) is 9.90 Å². The molecule has 0 aliphatic rings. The van der Waals surface area contributed by atoms with Gasteiger partial charge in [0.25, 0.3) is 0 Å². The maximum absolute atomic E-state index is 11.7. The van der Waals surface area contributed by atoms with Crippen molar-refractivity contribution in [3.8, 4) is 0 Å². The van der Waals surface area contributed by atoms with Crippen molar-refractivity contribution < 1.29 is 9.90 Å². The maximum Gasteiger partial charge on any atom is 0.244 e. The lowest BCUT2D eigenvalue weighted by Crippen LogP contribution is -2.41. The molecule has 0 spiro atoms. The topological polar surface area (TPSA) is 49.3 Å². The third-order valence-corrected chi connectivity index (χ3v) is 3.41. The van der Waals surface area contributed by atoms with E-state index in [-0.39, 0.29) is 12.5 Å². The van der Waals surface area contributed by atoms with Crippen LogP contribution in [0.1, 0.15) is 37.8 Å². The zero-order chi connectivity index (χ0) is 14.3. The van der Waals surface area contributed by atoms with Gasteiger partial charge in [0.2, 0.25) is 5.91 Å². The lowest BCUT2D eigenvalue weighted by molar-refractivity contribution is -0.117. The fraction of sp³-hybridized carbons (Fsp3) is 0.438. The Labute approximate surface area is 115 Å². The molecule has 3 nitrogen and oxygen atoms in total. The first kappa shape index (κ1) is 15.4. The van der Waals surface area contributed by atoms with Gasteiger partial charge < -0.3 is 10.4 Å². The molecule has 1 aromatic carbocycles. The molecule has 0 bridgehead atoms. The Morgan fingerprint density at radius 2 is 1.84 bits per heavy atom. The molecular weight excluding hydrogens is 238 g/mol. The predicted octanol–water partition coefficient (Wildman–Crippen LogP) is 2.68. The normalized spacial score (nSPS) is 11.8. The molecule has 19 heavy (non-hydrogen) atoms. The third kappa shape index (κ3) is 5.26. The summed E-state index contributed by atoms with van der Waals surface area (Å²) in [4.78, 5) is 11.7. The van der Waals surface area contributed by atoms with Gasteiger partial charge in [0.1, 0.15) is 0 Å². The molecule has 0 aromatic heterocycles. The van der Waals surface area contributed by atoms with Crippen LogP contribution in [0.4, 0.5) is 0 Å². The number of carbonyl (C=O) groups excluding carboxylic acids is 1. The number of rotatable bonds is 6. The number of hydrogen-bond donors (Lipinski definition) is 2. The largest absolute Gasteiger partial charge is 0.388 e. The first-order valence-corrected chi connectivity index (χ1v) is 6.74. The summed E-state index contributed by atoms with van der Waals surface area (Å²) in [6, 6.07) is 7.94. The van der Waals surface area contributed by atoms with Gasteiger partial charge in [-0.3, -0.25) is 4.79 Å². The molecule has 104 valence electrons. The van der Waals surface area contributed by atoms with E-state index in [1.807, 2.05) is 45.0 Å². The highest BCUT2D eigenvalue weighted by molar-refractivity contribution is 5.91. The highest BCUT2D eigenvalue weighted by Crippen LogP contribution is 2.12.